The molecule has 1 heterocycles. The Morgan fingerprint density at radius 1 is 1.14 bits per heavy atom. The van der Waals surface area contributed by atoms with Crippen LogP contribution in [0.15, 0.2) is 36.4 Å². The van der Waals surface area contributed by atoms with E-state index in [-0.39, 0.29) is 5.78 Å². The zero-order valence-corrected chi connectivity index (χ0v) is 13.0. The topological polar surface area (TPSA) is 43.4 Å². The normalized spacial score (nSPS) is 10.8. The molecule has 3 nitrogen and oxygen atoms in total. The lowest BCUT2D eigenvalue weighted by Gasteiger charge is -2.03. The standard InChI is InChI=1S/C17H16O3S/c1-11-10-15(12(2)21-11)16(18)9-8-13-6-4-5-7-14(13)17(19)20-3/h4-10H,1-3H3/b9-8+. The molecule has 1 aromatic carbocycles. The minimum absolute atomic E-state index is 0.0588. The van der Waals surface area contributed by atoms with Crippen molar-refractivity contribution in [2.24, 2.45) is 0 Å². The highest BCUT2D eigenvalue weighted by Crippen LogP contribution is 2.22. The van der Waals surface area contributed by atoms with Gasteiger partial charge in [0.05, 0.1) is 12.7 Å². The van der Waals surface area contributed by atoms with Crippen LogP contribution in [-0.2, 0) is 4.74 Å². The summed E-state index contributed by atoms with van der Waals surface area (Å²) in [5, 5.41) is 0. The maximum absolute atomic E-state index is 12.2. The number of allylic oxidation sites excluding steroid dienone is 1. The fraction of sp³-hybridized carbons (Fsp3) is 0.176. The summed E-state index contributed by atoms with van der Waals surface area (Å²) in [6, 6.07) is 8.92. The molecule has 21 heavy (non-hydrogen) atoms. The molecule has 108 valence electrons. The summed E-state index contributed by atoms with van der Waals surface area (Å²) in [7, 11) is 1.34. The number of hydrogen-bond donors (Lipinski definition) is 0. The van der Waals surface area contributed by atoms with Gasteiger partial charge in [-0.05, 0) is 37.6 Å². The first kappa shape index (κ1) is 15.2. The molecule has 0 aliphatic heterocycles. The molecule has 0 N–H and O–H groups in total. The SMILES string of the molecule is COC(=O)c1ccccc1/C=C/C(=O)c1cc(C)sc1C. The van der Waals surface area contributed by atoms with Crippen LogP contribution >= 0.6 is 11.3 Å². The van der Waals surface area contributed by atoms with Crippen molar-refractivity contribution in [1.82, 2.24) is 0 Å². The third-order valence-electron chi connectivity index (χ3n) is 3.09. The Balaban J connectivity index is 2.28. The largest absolute Gasteiger partial charge is 0.465 e. The summed E-state index contributed by atoms with van der Waals surface area (Å²) in [4.78, 5) is 26.0. The molecule has 0 unspecified atom stereocenters. The number of hydrogen-bond acceptors (Lipinski definition) is 4. The first-order valence-electron chi connectivity index (χ1n) is 6.49. The van der Waals surface area contributed by atoms with Crippen LogP contribution in [0.3, 0.4) is 0 Å². The quantitative estimate of drug-likeness (QED) is 0.486. The van der Waals surface area contributed by atoms with Crippen LogP contribution in [0, 0.1) is 13.8 Å². The van der Waals surface area contributed by atoms with Crippen LogP contribution < -0.4 is 0 Å². The predicted molar refractivity (Wildman–Crippen MR) is 84.9 cm³/mol. The molecular weight excluding hydrogens is 284 g/mol. The third-order valence-corrected chi connectivity index (χ3v) is 4.05. The van der Waals surface area contributed by atoms with Crippen molar-refractivity contribution in [1.29, 1.82) is 0 Å². The molecule has 0 amide bonds. The Hall–Kier alpha value is -2.20. The smallest absolute Gasteiger partial charge is 0.338 e. The molecule has 0 spiro atoms. The fourth-order valence-corrected chi connectivity index (χ4v) is 3.00. The van der Waals surface area contributed by atoms with Crippen LogP contribution in [0.2, 0.25) is 0 Å². The molecule has 0 aliphatic carbocycles. The van der Waals surface area contributed by atoms with Crippen molar-refractivity contribution in [2.45, 2.75) is 13.8 Å². The first-order chi connectivity index (χ1) is 10.0. The Bertz CT molecular complexity index is 711. The van der Waals surface area contributed by atoms with E-state index in [1.54, 1.807) is 35.6 Å². The van der Waals surface area contributed by atoms with E-state index in [2.05, 4.69) is 0 Å². The number of benzene rings is 1. The number of methoxy groups -OCH3 is 1. The number of aryl methyl sites for hydroxylation is 2. The van der Waals surface area contributed by atoms with Gasteiger partial charge in [-0.15, -0.1) is 11.3 Å². The second-order valence-corrected chi connectivity index (χ2v) is 6.06. The zero-order valence-electron chi connectivity index (χ0n) is 12.2. The summed E-state index contributed by atoms with van der Waals surface area (Å²) in [6.07, 6.45) is 3.15. The number of esters is 1. The molecule has 0 aliphatic rings. The summed E-state index contributed by atoms with van der Waals surface area (Å²) in [6.45, 7) is 3.91. The van der Waals surface area contributed by atoms with Gasteiger partial charge in [-0.1, -0.05) is 24.3 Å². The van der Waals surface area contributed by atoms with E-state index >= 15 is 0 Å². The summed E-state index contributed by atoms with van der Waals surface area (Å²) < 4.78 is 4.73. The molecule has 2 rings (SSSR count). The Kier molecular flexibility index (Phi) is 4.70. The molecular formula is C17H16O3S. The highest BCUT2D eigenvalue weighted by Gasteiger charge is 2.11. The van der Waals surface area contributed by atoms with Gasteiger partial charge < -0.3 is 4.74 Å². The van der Waals surface area contributed by atoms with Gasteiger partial charge >= 0.3 is 5.97 Å². The van der Waals surface area contributed by atoms with Crippen LogP contribution in [0.5, 0.6) is 0 Å². The van der Waals surface area contributed by atoms with E-state index in [9.17, 15) is 9.59 Å². The van der Waals surface area contributed by atoms with Gasteiger partial charge in [-0.2, -0.15) is 0 Å². The third kappa shape index (κ3) is 3.47. The molecule has 4 heteroatoms. The molecule has 1 aromatic heterocycles. The predicted octanol–water partition coefficient (Wildman–Crippen LogP) is 4.05. The number of carbonyl (C=O) groups excluding carboxylic acids is 2. The van der Waals surface area contributed by atoms with Gasteiger partial charge in [-0.25, -0.2) is 4.79 Å². The van der Waals surface area contributed by atoms with Crippen LogP contribution in [0.1, 0.15) is 36.0 Å². The highest BCUT2D eigenvalue weighted by molar-refractivity contribution is 7.12. The van der Waals surface area contributed by atoms with Gasteiger partial charge in [0.1, 0.15) is 0 Å². The molecule has 0 atom stereocenters. The van der Waals surface area contributed by atoms with E-state index in [1.807, 2.05) is 26.0 Å². The second kappa shape index (κ2) is 6.50. The molecule has 0 bridgehead atoms. The van der Waals surface area contributed by atoms with E-state index in [1.165, 1.54) is 13.2 Å². The van der Waals surface area contributed by atoms with E-state index in [4.69, 9.17) is 4.74 Å². The maximum Gasteiger partial charge on any atom is 0.338 e. The summed E-state index contributed by atoms with van der Waals surface area (Å²) in [5.41, 5.74) is 1.83. The Labute approximate surface area is 127 Å². The fourth-order valence-electron chi connectivity index (χ4n) is 2.07. The average Bonchev–Trinajstić information content (AvgIpc) is 2.83. The maximum atomic E-state index is 12.2. The lowest BCUT2D eigenvalue weighted by atomic mass is 10.1. The monoisotopic (exact) mass is 300 g/mol. The summed E-state index contributed by atoms with van der Waals surface area (Å²) in [5.74, 6) is -0.471. The van der Waals surface area contributed by atoms with Crippen molar-refractivity contribution in [3.05, 3.63) is 62.9 Å². The number of rotatable bonds is 4. The lowest BCUT2D eigenvalue weighted by molar-refractivity contribution is 0.0600. The minimum Gasteiger partial charge on any atom is -0.465 e. The van der Waals surface area contributed by atoms with E-state index in [0.717, 1.165) is 9.75 Å². The van der Waals surface area contributed by atoms with E-state index < -0.39 is 5.97 Å². The molecule has 0 saturated carbocycles. The lowest BCUT2D eigenvalue weighted by Crippen LogP contribution is -2.03. The van der Waals surface area contributed by atoms with Crippen molar-refractivity contribution in [3.63, 3.8) is 0 Å². The van der Waals surface area contributed by atoms with Crippen molar-refractivity contribution in [2.75, 3.05) is 7.11 Å². The van der Waals surface area contributed by atoms with Gasteiger partial charge in [0.15, 0.2) is 5.78 Å². The zero-order chi connectivity index (χ0) is 15.4. The summed E-state index contributed by atoms with van der Waals surface area (Å²) >= 11 is 1.60. The molecule has 0 fully saturated rings. The minimum atomic E-state index is -0.412. The van der Waals surface area contributed by atoms with Crippen LogP contribution in [0.4, 0.5) is 0 Å². The van der Waals surface area contributed by atoms with Crippen LogP contribution in [0.25, 0.3) is 6.08 Å². The van der Waals surface area contributed by atoms with Crippen molar-refractivity contribution < 1.29 is 14.3 Å². The number of ketones is 1. The molecule has 0 radical (unpaired) electrons. The van der Waals surface area contributed by atoms with Gasteiger partial charge in [0.2, 0.25) is 0 Å². The Morgan fingerprint density at radius 2 is 1.86 bits per heavy atom. The average molecular weight is 300 g/mol. The molecule has 0 saturated heterocycles. The van der Waals surface area contributed by atoms with Gasteiger partial charge in [-0.3, -0.25) is 4.79 Å². The number of thiophene rings is 1. The first-order valence-corrected chi connectivity index (χ1v) is 7.31. The van der Waals surface area contributed by atoms with Gasteiger partial charge in [0, 0.05) is 15.3 Å². The van der Waals surface area contributed by atoms with E-state index in [0.29, 0.717) is 16.7 Å². The van der Waals surface area contributed by atoms with Crippen LogP contribution in [-0.4, -0.2) is 18.9 Å². The molecule has 2 aromatic rings. The highest BCUT2D eigenvalue weighted by atomic mass is 32.1. The second-order valence-electron chi connectivity index (χ2n) is 4.60. The van der Waals surface area contributed by atoms with Gasteiger partial charge in [0.25, 0.3) is 0 Å². The van der Waals surface area contributed by atoms with Crippen molar-refractivity contribution >= 4 is 29.2 Å². The Morgan fingerprint density at radius 3 is 2.48 bits per heavy atom. The number of carbonyl (C=O) groups is 2. The number of ether oxygens (including phenoxy) is 1. The van der Waals surface area contributed by atoms with Crippen molar-refractivity contribution in [3.8, 4) is 0 Å².